The number of methoxy groups -OCH3 is 1. The molecule has 3 aliphatic heterocycles. The minimum absolute atomic E-state index is 0.180. The van der Waals surface area contributed by atoms with Crippen molar-refractivity contribution in [2.24, 2.45) is 4.99 Å². The number of aliphatic imine (C=N–C) groups is 1. The van der Waals surface area contributed by atoms with Crippen LogP contribution in [0.3, 0.4) is 0 Å². The molecule has 6 heteroatoms. The number of amides is 1. The number of rotatable bonds is 4. The van der Waals surface area contributed by atoms with E-state index in [1.165, 1.54) is 16.7 Å². The standard InChI is InChI=1S/C28H28N4O2/c1-31-16-24(18-6-4-3-5-7-18)25(17-31)32-15-22-11-23-21(10-20(22)13-27(32)33)14-30-28(23)19-8-9-29-26(12-19)34-2/h3-12,24-25H,13-17H2,1-2H3/t24-,25+/m0/s1. The van der Waals surface area contributed by atoms with Crippen LogP contribution in [0.2, 0.25) is 0 Å². The van der Waals surface area contributed by atoms with E-state index < -0.39 is 0 Å². The Balaban J connectivity index is 1.32. The van der Waals surface area contributed by atoms with Crippen molar-refractivity contribution in [3.63, 3.8) is 0 Å². The highest BCUT2D eigenvalue weighted by Crippen LogP contribution is 2.36. The number of fused-ring (bicyclic) bond motifs is 2. The molecular formula is C28H28N4O2. The molecule has 172 valence electrons. The van der Waals surface area contributed by atoms with Crippen LogP contribution in [0.1, 0.15) is 39.3 Å². The molecule has 2 atom stereocenters. The van der Waals surface area contributed by atoms with Gasteiger partial charge in [-0.2, -0.15) is 0 Å². The van der Waals surface area contributed by atoms with E-state index in [1.807, 2.05) is 12.1 Å². The zero-order chi connectivity index (χ0) is 23.2. The molecule has 0 spiro atoms. The number of carbonyl (C=O) groups is 1. The van der Waals surface area contributed by atoms with Gasteiger partial charge in [0.1, 0.15) is 0 Å². The van der Waals surface area contributed by atoms with Crippen molar-refractivity contribution in [1.82, 2.24) is 14.8 Å². The van der Waals surface area contributed by atoms with Crippen LogP contribution in [-0.2, 0) is 24.3 Å². The van der Waals surface area contributed by atoms with Gasteiger partial charge in [0, 0.05) is 48.9 Å². The number of pyridine rings is 1. The van der Waals surface area contributed by atoms with Gasteiger partial charge in [0.05, 0.1) is 31.8 Å². The Kier molecular flexibility index (Phi) is 5.18. The first-order valence-electron chi connectivity index (χ1n) is 11.8. The first kappa shape index (κ1) is 21.1. The summed E-state index contributed by atoms with van der Waals surface area (Å²) in [4.78, 5) is 26.9. The van der Waals surface area contributed by atoms with Crippen molar-refractivity contribution >= 4 is 11.6 Å². The van der Waals surface area contributed by atoms with Gasteiger partial charge in [-0.05, 0) is 41.4 Å². The Morgan fingerprint density at radius 3 is 2.68 bits per heavy atom. The van der Waals surface area contributed by atoms with Crippen LogP contribution in [0.15, 0.2) is 65.8 Å². The topological polar surface area (TPSA) is 58.0 Å². The van der Waals surface area contributed by atoms with Crippen molar-refractivity contribution in [3.05, 3.63) is 94.2 Å². The molecule has 0 bridgehead atoms. The fourth-order valence-corrected chi connectivity index (χ4v) is 5.73. The van der Waals surface area contributed by atoms with E-state index in [9.17, 15) is 4.79 Å². The van der Waals surface area contributed by atoms with Crippen LogP contribution in [0.5, 0.6) is 5.88 Å². The van der Waals surface area contributed by atoms with Gasteiger partial charge in [-0.15, -0.1) is 0 Å². The predicted octanol–water partition coefficient (Wildman–Crippen LogP) is 3.42. The summed E-state index contributed by atoms with van der Waals surface area (Å²) in [7, 11) is 3.78. The number of likely N-dealkylation sites (N-methyl/N-ethyl adjacent to an activating group) is 1. The maximum Gasteiger partial charge on any atom is 0.227 e. The first-order chi connectivity index (χ1) is 16.6. The second-order valence-electron chi connectivity index (χ2n) is 9.53. The number of aromatic nitrogens is 1. The summed E-state index contributed by atoms with van der Waals surface area (Å²) in [6, 6.07) is 19.2. The lowest BCUT2D eigenvalue weighted by Gasteiger charge is -2.37. The highest BCUT2D eigenvalue weighted by Gasteiger charge is 2.40. The summed E-state index contributed by atoms with van der Waals surface area (Å²) in [5, 5.41) is 0. The third-order valence-electron chi connectivity index (χ3n) is 7.41. The second kappa shape index (κ2) is 8.37. The van der Waals surface area contributed by atoms with Gasteiger partial charge in [0.25, 0.3) is 0 Å². The van der Waals surface area contributed by atoms with Crippen LogP contribution < -0.4 is 4.74 Å². The molecule has 1 fully saturated rings. The highest BCUT2D eigenvalue weighted by molar-refractivity contribution is 6.15. The van der Waals surface area contributed by atoms with E-state index in [0.717, 1.165) is 35.5 Å². The average Bonchev–Trinajstić information content (AvgIpc) is 3.46. The van der Waals surface area contributed by atoms with Crippen molar-refractivity contribution in [2.45, 2.75) is 31.5 Å². The van der Waals surface area contributed by atoms with Crippen LogP contribution >= 0.6 is 0 Å². The fourth-order valence-electron chi connectivity index (χ4n) is 5.73. The first-order valence-corrected chi connectivity index (χ1v) is 11.8. The Bertz CT molecular complexity index is 1290. The number of likely N-dealkylation sites (tertiary alicyclic amines) is 1. The maximum atomic E-state index is 13.3. The summed E-state index contributed by atoms with van der Waals surface area (Å²) in [5.41, 5.74) is 8.02. The number of hydrogen-bond acceptors (Lipinski definition) is 5. The van der Waals surface area contributed by atoms with Crippen LogP contribution in [-0.4, -0.2) is 59.7 Å². The van der Waals surface area contributed by atoms with E-state index in [4.69, 9.17) is 9.73 Å². The molecule has 1 amide bonds. The lowest BCUT2D eigenvalue weighted by atomic mass is 9.88. The molecule has 3 aromatic rings. The van der Waals surface area contributed by atoms with Crippen molar-refractivity contribution < 1.29 is 9.53 Å². The molecule has 4 heterocycles. The third kappa shape index (κ3) is 3.59. The molecule has 34 heavy (non-hydrogen) atoms. The lowest BCUT2D eigenvalue weighted by molar-refractivity contribution is -0.134. The molecule has 0 unspecified atom stereocenters. The number of benzene rings is 2. The minimum Gasteiger partial charge on any atom is -0.481 e. The summed E-state index contributed by atoms with van der Waals surface area (Å²) in [6.45, 7) is 3.16. The van der Waals surface area contributed by atoms with Crippen molar-refractivity contribution in [2.75, 3.05) is 27.2 Å². The Hall–Kier alpha value is -3.51. The van der Waals surface area contributed by atoms with Crippen molar-refractivity contribution in [1.29, 1.82) is 0 Å². The normalized spacial score (nSPS) is 21.9. The molecule has 0 radical (unpaired) electrons. The van der Waals surface area contributed by atoms with E-state index in [-0.39, 0.29) is 11.9 Å². The van der Waals surface area contributed by atoms with Crippen molar-refractivity contribution in [3.8, 4) is 5.88 Å². The largest absolute Gasteiger partial charge is 0.481 e. The van der Waals surface area contributed by atoms with Gasteiger partial charge < -0.3 is 14.5 Å². The fraction of sp³-hybridized carbons (Fsp3) is 0.321. The van der Waals surface area contributed by atoms with E-state index in [0.29, 0.717) is 31.3 Å². The van der Waals surface area contributed by atoms with Gasteiger partial charge in [0.2, 0.25) is 11.8 Å². The summed E-state index contributed by atoms with van der Waals surface area (Å²) >= 11 is 0. The van der Waals surface area contributed by atoms with E-state index in [2.05, 4.69) is 64.3 Å². The number of hydrogen-bond donors (Lipinski definition) is 0. The SMILES string of the molecule is COc1cc(C2=NCc3cc4c(cc32)CN([C@@H]2CN(C)C[C@H]2c2ccccc2)C(=O)C4)ccn1. The summed E-state index contributed by atoms with van der Waals surface area (Å²) in [6.07, 6.45) is 2.22. The third-order valence-corrected chi connectivity index (χ3v) is 7.41. The van der Waals surface area contributed by atoms with Gasteiger partial charge in [-0.25, -0.2) is 4.98 Å². The summed E-state index contributed by atoms with van der Waals surface area (Å²) in [5.74, 6) is 1.14. The maximum absolute atomic E-state index is 13.3. The second-order valence-corrected chi connectivity index (χ2v) is 9.53. The van der Waals surface area contributed by atoms with Gasteiger partial charge >= 0.3 is 0 Å². The Labute approximate surface area is 199 Å². The van der Waals surface area contributed by atoms with Gasteiger partial charge in [0.15, 0.2) is 0 Å². The summed E-state index contributed by atoms with van der Waals surface area (Å²) < 4.78 is 5.32. The molecular weight excluding hydrogens is 424 g/mol. The molecule has 1 aromatic heterocycles. The zero-order valence-electron chi connectivity index (χ0n) is 19.6. The monoisotopic (exact) mass is 452 g/mol. The van der Waals surface area contributed by atoms with Crippen LogP contribution in [0.25, 0.3) is 0 Å². The Morgan fingerprint density at radius 2 is 1.85 bits per heavy atom. The van der Waals surface area contributed by atoms with Gasteiger partial charge in [-0.1, -0.05) is 36.4 Å². The molecule has 3 aliphatic rings. The molecule has 0 aliphatic carbocycles. The molecule has 6 nitrogen and oxygen atoms in total. The predicted molar refractivity (Wildman–Crippen MR) is 131 cm³/mol. The quantitative estimate of drug-likeness (QED) is 0.609. The number of ether oxygens (including phenoxy) is 1. The smallest absolute Gasteiger partial charge is 0.227 e. The van der Waals surface area contributed by atoms with Crippen LogP contribution in [0, 0.1) is 0 Å². The molecule has 0 saturated carbocycles. The number of nitrogens with zero attached hydrogens (tertiary/aromatic N) is 4. The molecule has 6 rings (SSSR count). The van der Waals surface area contributed by atoms with Gasteiger partial charge in [-0.3, -0.25) is 9.79 Å². The van der Waals surface area contributed by atoms with E-state index >= 15 is 0 Å². The minimum atomic E-state index is 0.180. The van der Waals surface area contributed by atoms with Crippen LogP contribution in [0.4, 0.5) is 0 Å². The lowest BCUT2D eigenvalue weighted by Crippen LogP contribution is -2.46. The zero-order valence-corrected chi connectivity index (χ0v) is 19.6. The Morgan fingerprint density at radius 1 is 1.00 bits per heavy atom. The highest BCUT2D eigenvalue weighted by atomic mass is 16.5. The number of carbonyl (C=O) groups excluding carboxylic acids is 1. The average molecular weight is 453 g/mol. The molecule has 0 N–H and O–H groups in total. The van der Waals surface area contributed by atoms with E-state index in [1.54, 1.807) is 13.3 Å². The molecule has 2 aromatic carbocycles. The molecule has 1 saturated heterocycles.